The lowest BCUT2D eigenvalue weighted by Gasteiger charge is -2.36. The van der Waals surface area contributed by atoms with Crippen molar-refractivity contribution in [2.75, 3.05) is 18.5 Å². The van der Waals surface area contributed by atoms with Gasteiger partial charge in [-0.05, 0) is 68.3 Å². The van der Waals surface area contributed by atoms with E-state index in [2.05, 4.69) is 10.6 Å². The van der Waals surface area contributed by atoms with Crippen LogP contribution in [0.2, 0.25) is 5.02 Å². The highest BCUT2D eigenvalue weighted by atomic mass is 35.5. The number of aryl methyl sites for hydroxylation is 2. The van der Waals surface area contributed by atoms with Crippen LogP contribution in [0.5, 0.6) is 0 Å². The van der Waals surface area contributed by atoms with Crippen molar-refractivity contribution in [3.05, 3.63) is 86.6 Å². The van der Waals surface area contributed by atoms with Crippen LogP contribution in [0.1, 0.15) is 48.9 Å². The number of amidine groups is 1. The van der Waals surface area contributed by atoms with Crippen LogP contribution < -0.4 is 10.6 Å². The number of allylic oxidation sites excluding steroid dienone is 1. The molecule has 3 heterocycles. The molecule has 0 aromatic heterocycles. The average molecular weight is 551 g/mol. The first-order chi connectivity index (χ1) is 18.3. The van der Waals surface area contributed by atoms with Crippen LogP contribution in [0.4, 0.5) is 5.69 Å². The van der Waals surface area contributed by atoms with Gasteiger partial charge in [-0.1, -0.05) is 53.2 Å². The molecule has 0 spiro atoms. The van der Waals surface area contributed by atoms with Crippen LogP contribution >= 0.6 is 23.4 Å². The predicted molar refractivity (Wildman–Crippen MR) is 153 cm³/mol. The molecule has 0 unspecified atom stereocenters. The van der Waals surface area contributed by atoms with Crippen LogP contribution in [0, 0.1) is 13.8 Å². The minimum atomic E-state index is -0.460. The molecule has 7 nitrogen and oxygen atoms in total. The van der Waals surface area contributed by atoms with Gasteiger partial charge in [0.05, 0.1) is 29.8 Å². The molecular weight excluding hydrogens is 520 g/mol. The largest absolute Gasteiger partial charge is 0.376 e. The Bertz CT molecular complexity index is 1350. The van der Waals surface area contributed by atoms with Crippen LogP contribution in [0.3, 0.4) is 0 Å². The number of hydrogen-bond acceptors (Lipinski definition) is 6. The van der Waals surface area contributed by atoms with E-state index in [4.69, 9.17) is 21.3 Å². The van der Waals surface area contributed by atoms with Crippen molar-refractivity contribution in [3.8, 4) is 0 Å². The second kappa shape index (κ2) is 11.4. The van der Waals surface area contributed by atoms with Crippen LogP contribution in [-0.2, 0) is 14.3 Å². The van der Waals surface area contributed by atoms with Crippen molar-refractivity contribution >= 4 is 46.0 Å². The maximum Gasteiger partial charge on any atom is 0.255 e. The minimum Gasteiger partial charge on any atom is -0.376 e. The van der Waals surface area contributed by atoms with Gasteiger partial charge < -0.3 is 20.3 Å². The van der Waals surface area contributed by atoms with Crippen molar-refractivity contribution in [1.82, 2.24) is 10.2 Å². The van der Waals surface area contributed by atoms with E-state index >= 15 is 0 Å². The molecule has 1 fully saturated rings. The summed E-state index contributed by atoms with van der Waals surface area (Å²) in [5, 5.41) is 9.41. The van der Waals surface area contributed by atoms with E-state index in [0.717, 1.165) is 52.7 Å². The van der Waals surface area contributed by atoms with Crippen LogP contribution in [-0.4, -0.2) is 41.1 Å². The quantitative estimate of drug-likeness (QED) is 0.451. The lowest BCUT2D eigenvalue weighted by Crippen LogP contribution is -2.39. The Balaban J connectivity index is 1.43. The van der Waals surface area contributed by atoms with Gasteiger partial charge in [0, 0.05) is 29.6 Å². The molecule has 0 saturated carbocycles. The Morgan fingerprint density at radius 2 is 1.95 bits per heavy atom. The Kier molecular flexibility index (Phi) is 7.93. The second-order valence-corrected chi connectivity index (χ2v) is 11.1. The number of hydrogen-bond donors (Lipinski definition) is 2. The van der Waals surface area contributed by atoms with E-state index in [0.29, 0.717) is 22.8 Å². The third-order valence-electron chi connectivity index (χ3n) is 6.95. The molecule has 38 heavy (non-hydrogen) atoms. The van der Waals surface area contributed by atoms with Crippen molar-refractivity contribution in [1.29, 1.82) is 0 Å². The van der Waals surface area contributed by atoms with Gasteiger partial charge in [-0.25, -0.2) is 4.99 Å². The standard InChI is InChI=1S/C29H31ClN4O3S/c1-17-6-11-24(18(2)13-17)33-28(36)26-19(3)32-29-34(27(26)20-7-9-21(30)10-8-20)22(16-38-29)14-25(35)31-15-23-5-4-12-37-23/h6-11,13,16,23,27H,4-5,12,14-15H2,1-3H3,(H,31,35)(H,33,36)/t23-,27-/m1/s1. The number of nitrogens with zero attached hydrogens (tertiary/aromatic N) is 2. The predicted octanol–water partition coefficient (Wildman–Crippen LogP) is 5.86. The van der Waals surface area contributed by atoms with Gasteiger partial charge in [0.1, 0.15) is 0 Å². The molecule has 1 saturated heterocycles. The normalized spacial score (nSPS) is 20.7. The van der Waals surface area contributed by atoms with Crippen LogP contribution in [0.25, 0.3) is 0 Å². The van der Waals surface area contributed by atoms with Crippen molar-refractivity contribution in [2.45, 2.75) is 52.2 Å². The van der Waals surface area contributed by atoms with Gasteiger partial charge in [0.2, 0.25) is 5.91 Å². The van der Waals surface area contributed by atoms with Gasteiger partial charge in [-0.15, -0.1) is 0 Å². The molecule has 5 rings (SSSR count). The summed E-state index contributed by atoms with van der Waals surface area (Å²) in [7, 11) is 0. The molecule has 0 bridgehead atoms. The van der Waals surface area contributed by atoms with Crippen LogP contribution in [0.15, 0.2) is 69.8 Å². The third-order valence-corrected chi connectivity index (χ3v) is 8.09. The van der Waals surface area contributed by atoms with Crippen molar-refractivity contribution < 1.29 is 14.3 Å². The lowest BCUT2D eigenvalue weighted by molar-refractivity contribution is -0.121. The Morgan fingerprint density at radius 1 is 1.16 bits per heavy atom. The van der Waals surface area contributed by atoms with E-state index in [9.17, 15) is 9.59 Å². The fourth-order valence-electron chi connectivity index (χ4n) is 5.02. The number of carbonyl (C=O) groups excluding carboxylic acids is 2. The van der Waals surface area contributed by atoms with Gasteiger partial charge in [0.15, 0.2) is 5.17 Å². The molecule has 9 heteroatoms. The Hall–Kier alpha value is -3.07. The first-order valence-electron chi connectivity index (χ1n) is 12.8. The number of rotatable bonds is 7. The molecule has 0 aliphatic carbocycles. The number of nitrogens with one attached hydrogen (secondary N) is 2. The molecule has 198 valence electrons. The summed E-state index contributed by atoms with van der Waals surface area (Å²) in [5.74, 6) is -0.313. The maximum atomic E-state index is 13.8. The first-order valence-corrected chi connectivity index (χ1v) is 14.0. The maximum absolute atomic E-state index is 13.8. The number of benzene rings is 2. The average Bonchev–Trinajstić information content (AvgIpc) is 3.54. The fourth-order valence-corrected chi connectivity index (χ4v) is 6.11. The second-order valence-electron chi connectivity index (χ2n) is 9.83. The number of anilines is 1. The summed E-state index contributed by atoms with van der Waals surface area (Å²) >= 11 is 7.67. The summed E-state index contributed by atoms with van der Waals surface area (Å²) < 4.78 is 5.64. The Labute approximate surface area is 232 Å². The SMILES string of the molecule is CC1=C(C(=O)Nc2ccc(C)cc2C)[C@@H](c2ccc(Cl)cc2)N2C(CC(=O)NC[C@H]3CCCO3)=CSC2=N1. The zero-order valence-corrected chi connectivity index (χ0v) is 23.3. The smallest absolute Gasteiger partial charge is 0.255 e. The summed E-state index contributed by atoms with van der Waals surface area (Å²) in [6.45, 7) is 7.11. The highest BCUT2D eigenvalue weighted by Gasteiger charge is 2.40. The monoisotopic (exact) mass is 550 g/mol. The van der Waals surface area contributed by atoms with E-state index < -0.39 is 6.04 Å². The van der Waals surface area contributed by atoms with E-state index in [1.165, 1.54) is 11.8 Å². The van der Waals surface area contributed by atoms with Crippen molar-refractivity contribution in [2.24, 2.45) is 4.99 Å². The number of carbonyl (C=O) groups is 2. The van der Waals surface area contributed by atoms with E-state index in [1.54, 1.807) is 0 Å². The number of aliphatic imine (C=N–C) groups is 1. The number of fused-ring (bicyclic) bond motifs is 1. The molecule has 2 amide bonds. The minimum absolute atomic E-state index is 0.0749. The summed E-state index contributed by atoms with van der Waals surface area (Å²) in [6.07, 6.45) is 2.24. The molecule has 2 aromatic carbocycles. The molecule has 0 radical (unpaired) electrons. The lowest BCUT2D eigenvalue weighted by atomic mass is 9.93. The molecule has 2 N–H and O–H groups in total. The van der Waals surface area contributed by atoms with Gasteiger partial charge >= 0.3 is 0 Å². The Morgan fingerprint density at radius 3 is 2.66 bits per heavy atom. The van der Waals surface area contributed by atoms with Gasteiger partial charge in [-0.3, -0.25) is 9.59 Å². The summed E-state index contributed by atoms with van der Waals surface area (Å²) in [6, 6.07) is 13.0. The van der Waals surface area contributed by atoms with Crippen molar-refractivity contribution in [3.63, 3.8) is 0 Å². The summed E-state index contributed by atoms with van der Waals surface area (Å²) in [5.41, 5.74) is 5.73. The number of amides is 2. The van der Waals surface area contributed by atoms with Gasteiger partial charge in [0.25, 0.3) is 5.91 Å². The first kappa shape index (κ1) is 26.5. The highest BCUT2D eigenvalue weighted by Crippen LogP contribution is 2.45. The highest BCUT2D eigenvalue weighted by molar-refractivity contribution is 8.16. The number of ether oxygens (including phenoxy) is 1. The topological polar surface area (TPSA) is 83.0 Å². The number of halogens is 1. The third kappa shape index (κ3) is 5.67. The molecular formula is C29H31ClN4O3S. The molecule has 3 aliphatic rings. The van der Waals surface area contributed by atoms with E-state index in [-0.39, 0.29) is 24.3 Å². The summed E-state index contributed by atoms with van der Waals surface area (Å²) in [4.78, 5) is 33.5. The molecule has 3 aliphatic heterocycles. The van der Waals surface area contributed by atoms with E-state index in [1.807, 2.05) is 73.5 Å². The zero-order valence-electron chi connectivity index (χ0n) is 21.7. The van der Waals surface area contributed by atoms with Gasteiger partial charge in [-0.2, -0.15) is 0 Å². The fraction of sp³-hybridized carbons (Fsp3) is 0.345. The molecule has 2 atom stereocenters. The zero-order chi connectivity index (χ0) is 26.8. The molecule has 2 aromatic rings. The number of thioether (sulfide) groups is 1.